The zero-order chi connectivity index (χ0) is 12.7. The van der Waals surface area contributed by atoms with E-state index in [-0.39, 0.29) is 10.1 Å². The van der Waals surface area contributed by atoms with Crippen molar-refractivity contribution in [1.29, 1.82) is 0 Å². The molecule has 17 heavy (non-hydrogen) atoms. The van der Waals surface area contributed by atoms with Crippen LogP contribution >= 0.6 is 34.8 Å². The number of carbonyl (C=O) groups is 2. The molecule has 0 saturated carbocycles. The Balaban J connectivity index is 2.54. The summed E-state index contributed by atoms with van der Waals surface area (Å²) in [6.45, 7) is 1.76. The van der Waals surface area contributed by atoms with Gasteiger partial charge in [0.1, 0.15) is 10.1 Å². The normalized spacial score (nSPS) is 16.1. The first-order valence-corrected chi connectivity index (χ1v) is 5.77. The molecule has 88 valence electrons. The Morgan fingerprint density at radius 2 is 1.53 bits per heavy atom. The summed E-state index contributed by atoms with van der Waals surface area (Å²) in [6.07, 6.45) is 0. The topological polar surface area (TPSA) is 37.4 Å². The fourth-order valence-electron chi connectivity index (χ4n) is 1.52. The summed E-state index contributed by atoms with van der Waals surface area (Å²) in [5, 5.41) is -0.113. The average molecular weight is 291 g/mol. The highest BCUT2D eigenvalue weighted by atomic mass is 35.5. The fraction of sp³-hybridized carbons (Fsp3) is 0.0909. The molecular weight excluding hydrogens is 284 g/mol. The summed E-state index contributed by atoms with van der Waals surface area (Å²) >= 11 is 17.1. The first kappa shape index (κ1) is 12.4. The van der Waals surface area contributed by atoms with E-state index in [4.69, 9.17) is 34.8 Å². The van der Waals surface area contributed by atoms with Gasteiger partial charge in [0.2, 0.25) is 0 Å². The maximum atomic E-state index is 11.8. The number of imide groups is 1. The standard InChI is InChI=1S/C11H6Cl3NO2/c1-5-2-3-6(12)4-7(5)15-10(16)8(13)9(14)11(15)17/h2-4H,1H3. The van der Waals surface area contributed by atoms with Gasteiger partial charge in [0, 0.05) is 5.02 Å². The van der Waals surface area contributed by atoms with Crippen LogP contribution in [-0.2, 0) is 9.59 Å². The number of hydrogen-bond acceptors (Lipinski definition) is 2. The molecule has 0 aliphatic carbocycles. The van der Waals surface area contributed by atoms with E-state index in [9.17, 15) is 9.59 Å². The van der Waals surface area contributed by atoms with E-state index in [1.165, 1.54) is 6.07 Å². The van der Waals surface area contributed by atoms with Crippen LogP contribution in [0.3, 0.4) is 0 Å². The van der Waals surface area contributed by atoms with Gasteiger partial charge in [-0.1, -0.05) is 40.9 Å². The Kier molecular flexibility index (Phi) is 3.17. The molecule has 0 radical (unpaired) electrons. The number of nitrogens with zero attached hydrogens (tertiary/aromatic N) is 1. The van der Waals surface area contributed by atoms with E-state index in [2.05, 4.69) is 0 Å². The first-order valence-electron chi connectivity index (χ1n) is 4.63. The second-order valence-electron chi connectivity index (χ2n) is 3.50. The van der Waals surface area contributed by atoms with Crippen LogP contribution in [0.5, 0.6) is 0 Å². The van der Waals surface area contributed by atoms with Crippen LogP contribution in [0.25, 0.3) is 0 Å². The van der Waals surface area contributed by atoms with E-state index in [1.807, 2.05) is 0 Å². The molecule has 0 aromatic heterocycles. The van der Waals surface area contributed by atoms with Crippen LogP contribution in [-0.4, -0.2) is 11.8 Å². The number of rotatable bonds is 1. The van der Waals surface area contributed by atoms with Crippen LogP contribution in [0, 0.1) is 6.92 Å². The lowest BCUT2D eigenvalue weighted by Crippen LogP contribution is -2.31. The quantitative estimate of drug-likeness (QED) is 0.745. The number of amides is 2. The third-order valence-electron chi connectivity index (χ3n) is 2.39. The predicted octanol–water partition coefficient (Wildman–Crippen LogP) is 3.21. The number of aryl methyl sites for hydroxylation is 1. The number of benzene rings is 1. The summed E-state index contributed by atoms with van der Waals surface area (Å²) in [4.78, 5) is 24.5. The van der Waals surface area contributed by atoms with Crippen LogP contribution in [0.4, 0.5) is 5.69 Å². The third-order valence-corrected chi connectivity index (χ3v) is 3.42. The molecule has 2 amide bonds. The van der Waals surface area contributed by atoms with Gasteiger partial charge in [0.05, 0.1) is 5.69 Å². The van der Waals surface area contributed by atoms with E-state index >= 15 is 0 Å². The van der Waals surface area contributed by atoms with Crippen molar-refractivity contribution < 1.29 is 9.59 Å². The zero-order valence-electron chi connectivity index (χ0n) is 8.63. The molecule has 0 N–H and O–H groups in total. The van der Waals surface area contributed by atoms with E-state index in [0.29, 0.717) is 10.7 Å². The van der Waals surface area contributed by atoms with Gasteiger partial charge in [-0.15, -0.1) is 0 Å². The molecule has 0 spiro atoms. The molecule has 1 aromatic carbocycles. The highest BCUT2D eigenvalue weighted by Gasteiger charge is 2.38. The van der Waals surface area contributed by atoms with Crippen LogP contribution in [0.15, 0.2) is 28.3 Å². The van der Waals surface area contributed by atoms with Gasteiger partial charge in [0.25, 0.3) is 11.8 Å². The molecule has 1 heterocycles. The lowest BCUT2D eigenvalue weighted by Gasteiger charge is -2.16. The minimum absolute atomic E-state index is 0.268. The summed E-state index contributed by atoms with van der Waals surface area (Å²) in [6, 6.07) is 4.90. The summed E-state index contributed by atoms with van der Waals surface area (Å²) < 4.78 is 0. The van der Waals surface area contributed by atoms with Crippen molar-refractivity contribution in [2.24, 2.45) is 0 Å². The highest BCUT2D eigenvalue weighted by Crippen LogP contribution is 2.33. The molecule has 2 rings (SSSR count). The largest absolute Gasteiger partial charge is 0.278 e. The second-order valence-corrected chi connectivity index (χ2v) is 4.70. The first-order chi connectivity index (χ1) is 7.93. The van der Waals surface area contributed by atoms with Crippen LogP contribution in [0.2, 0.25) is 5.02 Å². The monoisotopic (exact) mass is 289 g/mol. The summed E-state index contributed by atoms with van der Waals surface area (Å²) in [7, 11) is 0. The van der Waals surface area contributed by atoms with Crippen molar-refractivity contribution in [3.63, 3.8) is 0 Å². The number of hydrogen-bond donors (Lipinski definition) is 0. The summed E-state index contributed by atoms with van der Waals surface area (Å²) in [5.41, 5.74) is 1.12. The molecule has 0 saturated heterocycles. The zero-order valence-corrected chi connectivity index (χ0v) is 10.9. The average Bonchev–Trinajstić information content (AvgIpc) is 2.48. The van der Waals surface area contributed by atoms with Gasteiger partial charge in [-0.05, 0) is 24.6 Å². The van der Waals surface area contributed by atoms with Gasteiger partial charge < -0.3 is 0 Å². The second kappa shape index (κ2) is 4.33. The molecule has 0 bridgehead atoms. The van der Waals surface area contributed by atoms with E-state index in [1.54, 1.807) is 19.1 Å². The smallest absolute Gasteiger partial charge is 0.267 e. The van der Waals surface area contributed by atoms with Gasteiger partial charge in [0.15, 0.2) is 0 Å². The van der Waals surface area contributed by atoms with Gasteiger partial charge in [-0.2, -0.15) is 0 Å². The van der Waals surface area contributed by atoms with Crippen molar-refractivity contribution in [3.05, 3.63) is 38.8 Å². The number of halogens is 3. The van der Waals surface area contributed by atoms with Gasteiger partial charge >= 0.3 is 0 Å². The van der Waals surface area contributed by atoms with E-state index < -0.39 is 11.8 Å². The molecule has 0 atom stereocenters. The molecule has 1 aliphatic heterocycles. The lowest BCUT2D eigenvalue weighted by molar-refractivity contribution is -0.120. The highest BCUT2D eigenvalue weighted by molar-refractivity contribution is 6.62. The van der Waals surface area contributed by atoms with Crippen molar-refractivity contribution in [2.45, 2.75) is 6.92 Å². The fourth-order valence-corrected chi connectivity index (χ4v) is 2.02. The third kappa shape index (κ3) is 1.95. The number of anilines is 1. The van der Waals surface area contributed by atoms with Crippen molar-refractivity contribution in [1.82, 2.24) is 0 Å². The molecular formula is C11H6Cl3NO2. The minimum atomic E-state index is -0.632. The van der Waals surface area contributed by atoms with Gasteiger partial charge in [-0.3, -0.25) is 9.59 Å². The van der Waals surface area contributed by atoms with E-state index in [0.717, 1.165) is 10.5 Å². The molecule has 3 nitrogen and oxygen atoms in total. The molecule has 6 heteroatoms. The minimum Gasteiger partial charge on any atom is -0.267 e. The van der Waals surface area contributed by atoms with Crippen molar-refractivity contribution in [3.8, 4) is 0 Å². The predicted molar refractivity (Wildman–Crippen MR) is 67.4 cm³/mol. The molecule has 0 unspecified atom stereocenters. The van der Waals surface area contributed by atoms with Gasteiger partial charge in [-0.25, -0.2) is 4.90 Å². The maximum absolute atomic E-state index is 11.8. The molecule has 0 fully saturated rings. The Labute approximate surface area is 113 Å². The Morgan fingerprint density at radius 1 is 1.00 bits per heavy atom. The van der Waals surface area contributed by atoms with Crippen molar-refractivity contribution >= 4 is 52.3 Å². The van der Waals surface area contributed by atoms with Crippen molar-refractivity contribution in [2.75, 3.05) is 4.90 Å². The number of carbonyl (C=O) groups excluding carboxylic acids is 2. The van der Waals surface area contributed by atoms with Crippen LogP contribution in [0.1, 0.15) is 5.56 Å². The Hall–Kier alpha value is -1.03. The Morgan fingerprint density at radius 3 is 2.06 bits per heavy atom. The molecule has 1 aromatic rings. The maximum Gasteiger partial charge on any atom is 0.278 e. The SMILES string of the molecule is Cc1ccc(Cl)cc1N1C(=O)C(Cl)=C(Cl)C1=O. The van der Waals surface area contributed by atoms with Crippen LogP contribution < -0.4 is 4.90 Å². The Bertz CT molecular complexity index is 542. The molecule has 1 aliphatic rings. The summed E-state index contributed by atoms with van der Waals surface area (Å²) in [5.74, 6) is -1.26. The lowest BCUT2D eigenvalue weighted by atomic mass is 10.2.